The number of pyridine rings is 1. The maximum Gasteiger partial charge on any atom is 0.416 e. The predicted octanol–water partition coefficient (Wildman–Crippen LogP) is 1.66. The van der Waals surface area contributed by atoms with Crippen LogP contribution in [0.3, 0.4) is 0 Å². The predicted molar refractivity (Wildman–Crippen MR) is 127 cm³/mol. The zero-order valence-corrected chi connectivity index (χ0v) is 21.6. The summed E-state index contributed by atoms with van der Waals surface area (Å²) in [6, 6.07) is 8.07. The number of quaternary nitrogens is 1. The summed E-state index contributed by atoms with van der Waals surface area (Å²) in [6.07, 6.45) is -1.27. The summed E-state index contributed by atoms with van der Waals surface area (Å²) in [5.74, 6) is -1.91. The average Bonchev–Trinajstić information content (AvgIpc) is 3.65. The van der Waals surface area contributed by atoms with Crippen LogP contribution in [0, 0.1) is 5.82 Å². The number of anilines is 1. The van der Waals surface area contributed by atoms with Crippen LogP contribution in [0.15, 0.2) is 47.4 Å². The van der Waals surface area contributed by atoms with E-state index in [-0.39, 0.29) is 34.0 Å². The lowest BCUT2D eigenvalue weighted by molar-refractivity contribution is -0.923. The Labute approximate surface area is 221 Å². The molecule has 0 radical (unpaired) electrons. The second kappa shape index (κ2) is 9.75. The van der Waals surface area contributed by atoms with Crippen LogP contribution in [0.5, 0.6) is 0 Å². The summed E-state index contributed by atoms with van der Waals surface area (Å²) in [7, 11) is 2.03. The Hall–Kier alpha value is -2.92. The summed E-state index contributed by atoms with van der Waals surface area (Å²) in [4.78, 5) is 26.2. The number of halogens is 5. The molecular weight excluding hydrogens is 558 g/mol. The van der Waals surface area contributed by atoms with E-state index in [2.05, 4.69) is 0 Å². The van der Waals surface area contributed by atoms with Crippen molar-refractivity contribution in [2.24, 2.45) is 0 Å². The van der Waals surface area contributed by atoms with Gasteiger partial charge in [-0.05, 0) is 37.1 Å². The van der Waals surface area contributed by atoms with Crippen LogP contribution in [-0.2, 0) is 12.7 Å². The minimum atomic E-state index is -4.37. The van der Waals surface area contributed by atoms with Gasteiger partial charge in [0.15, 0.2) is 0 Å². The number of aromatic carboxylic acids is 1. The third-order valence-electron chi connectivity index (χ3n) is 7.28. The van der Waals surface area contributed by atoms with Crippen molar-refractivity contribution < 1.29 is 48.9 Å². The quantitative estimate of drug-likeness (QED) is 0.367. The van der Waals surface area contributed by atoms with E-state index in [9.17, 15) is 27.9 Å². The average molecular weight is 584 g/mol. The fourth-order valence-electron chi connectivity index (χ4n) is 4.99. The van der Waals surface area contributed by atoms with Gasteiger partial charge >= 0.3 is 12.1 Å². The molecule has 198 valence electrons. The number of hydrogen-bond acceptors (Lipinski definition) is 3. The van der Waals surface area contributed by atoms with Crippen LogP contribution in [0.4, 0.5) is 23.2 Å². The van der Waals surface area contributed by atoms with E-state index in [1.807, 2.05) is 11.9 Å². The molecule has 0 spiro atoms. The lowest BCUT2D eigenvalue weighted by Crippen LogP contribution is -3.00. The summed E-state index contributed by atoms with van der Waals surface area (Å²) < 4.78 is 56.1. The Bertz CT molecular complexity index is 1390. The molecule has 11 heteroatoms. The van der Waals surface area contributed by atoms with Gasteiger partial charge in [-0.3, -0.25) is 4.79 Å². The highest BCUT2D eigenvalue weighted by Crippen LogP contribution is 2.38. The monoisotopic (exact) mass is 583 g/mol. The Morgan fingerprint density at radius 1 is 1.11 bits per heavy atom. The lowest BCUT2D eigenvalue weighted by Gasteiger charge is -2.43. The van der Waals surface area contributed by atoms with Crippen LogP contribution in [0.25, 0.3) is 10.9 Å². The first-order valence-corrected chi connectivity index (χ1v) is 11.8. The van der Waals surface area contributed by atoms with E-state index in [1.165, 1.54) is 18.3 Å². The summed E-state index contributed by atoms with van der Waals surface area (Å²) >= 11 is 0. The standard InChI is InChI=1S/C26H25F4N3O3.BrH/c1-33(15-16-2-4-17(5-3-16)26(28,29)30)10-8-31(9-11-33)23-13-22-19(12-21(23)27)24(34)20(25(35)36)14-32(22)18-6-7-18;/h2-5,12-14,18H,6-11,15H2,1H3;1H. The molecule has 0 atom stereocenters. The first kappa shape index (κ1) is 27.1. The Morgan fingerprint density at radius 3 is 2.27 bits per heavy atom. The molecule has 1 aliphatic carbocycles. The highest BCUT2D eigenvalue weighted by molar-refractivity contribution is 5.93. The van der Waals surface area contributed by atoms with Gasteiger partial charge in [-0.15, -0.1) is 0 Å². The second-order valence-electron chi connectivity index (χ2n) is 10.0. The maximum absolute atomic E-state index is 15.2. The number of benzene rings is 2. The van der Waals surface area contributed by atoms with Gasteiger partial charge in [0.2, 0.25) is 5.43 Å². The van der Waals surface area contributed by atoms with Crippen molar-refractivity contribution in [3.05, 3.63) is 75.3 Å². The molecule has 37 heavy (non-hydrogen) atoms. The van der Waals surface area contributed by atoms with E-state index in [0.29, 0.717) is 48.4 Å². The van der Waals surface area contributed by atoms with Crippen molar-refractivity contribution in [1.29, 1.82) is 0 Å². The number of fused-ring (bicyclic) bond motifs is 1. The molecule has 2 aromatic carbocycles. The topological polar surface area (TPSA) is 62.5 Å². The van der Waals surface area contributed by atoms with Gasteiger partial charge in [-0.2, -0.15) is 13.2 Å². The molecule has 3 aromatic rings. The number of rotatable bonds is 5. The van der Waals surface area contributed by atoms with Gasteiger partial charge in [0, 0.05) is 23.2 Å². The third kappa shape index (κ3) is 5.38. The van der Waals surface area contributed by atoms with Crippen LogP contribution >= 0.6 is 0 Å². The molecule has 1 N–H and O–H groups in total. The molecule has 2 fully saturated rings. The molecule has 1 saturated carbocycles. The number of alkyl halides is 3. The molecule has 0 amide bonds. The van der Waals surface area contributed by atoms with Gasteiger partial charge in [0.1, 0.15) is 17.9 Å². The van der Waals surface area contributed by atoms with Gasteiger partial charge in [0.25, 0.3) is 0 Å². The van der Waals surface area contributed by atoms with Crippen LogP contribution in [0.1, 0.15) is 40.4 Å². The number of likely N-dealkylation sites (N-methyl/N-ethyl adjacent to an activating group) is 1. The molecule has 1 aliphatic heterocycles. The number of nitrogens with zero attached hydrogens (tertiary/aromatic N) is 3. The van der Waals surface area contributed by atoms with Crippen molar-refractivity contribution >= 4 is 22.6 Å². The van der Waals surface area contributed by atoms with E-state index in [0.717, 1.165) is 36.6 Å². The zero-order valence-electron chi connectivity index (χ0n) is 20.1. The molecule has 2 aliphatic rings. The van der Waals surface area contributed by atoms with Crippen molar-refractivity contribution in [2.75, 3.05) is 38.1 Å². The highest BCUT2D eigenvalue weighted by atomic mass is 79.9. The SMILES string of the molecule is C[N+]1(Cc2ccc(C(F)(F)F)cc2)CCN(c2cc3c(cc2F)c(=O)c(C(=O)O)cn3C2CC2)CC1.[Br-]. The van der Waals surface area contributed by atoms with Gasteiger partial charge in [0.05, 0.1) is 50.0 Å². The second-order valence-corrected chi connectivity index (χ2v) is 10.0. The summed E-state index contributed by atoms with van der Waals surface area (Å²) in [5.41, 5.74) is -0.0454. The number of carboxylic acids is 1. The van der Waals surface area contributed by atoms with Crippen LogP contribution < -0.4 is 27.3 Å². The minimum Gasteiger partial charge on any atom is -1.00 e. The van der Waals surface area contributed by atoms with Gasteiger partial charge in [-0.25, -0.2) is 9.18 Å². The number of piperazine rings is 1. The molecule has 1 aromatic heterocycles. The van der Waals surface area contributed by atoms with E-state index in [4.69, 9.17) is 0 Å². The minimum absolute atomic E-state index is 0. The van der Waals surface area contributed by atoms with Crippen LogP contribution in [0.2, 0.25) is 0 Å². The number of carbonyl (C=O) groups is 1. The molecule has 1 saturated heterocycles. The number of hydrogen-bond donors (Lipinski definition) is 1. The number of carboxylic acid groups (broad SMARTS) is 1. The molecule has 6 nitrogen and oxygen atoms in total. The molecular formula is C26H26BrF4N3O3. The fraction of sp³-hybridized carbons (Fsp3) is 0.385. The van der Waals surface area contributed by atoms with E-state index < -0.39 is 29.0 Å². The molecule has 0 unspecified atom stereocenters. The van der Waals surface area contributed by atoms with E-state index in [1.54, 1.807) is 10.6 Å². The first-order chi connectivity index (χ1) is 16.9. The summed E-state index contributed by atoms with van der Waals surface area (Å²) in [6.45, 7) is 2.93. The normalized spacial score (nSPS) is 17.5. The zero-order chi connectivity index (χ0) is 25.8. The van der Waals surface area contributed by atoms with Gasteiger partial charge < -0.3 is 36.0 Å². The molecule has 2 heterocycles. The molecule has 5 rings (SSSR count). The Morgan fingerprint density at radius 2 is 1.73 bits per heavy atom. The van der Waals surface area contributed by atoms with Gasteiger partial charge in [-0.1, -0.05) is 12.1 Å². The third-order valence-corrected chi connectivity index (χ3v) is 7.28. The number of aromatic nitrogens is 1. The van der Waals surface area contributed by atoms with Crippen molar-refractivity contribution in [3.63, 3.8) is 0 Å². The Kier molecular flexibility index (Phi) is 7.15. The van der Waals surface area contributed by atoms with Crippen molar-refractivity contribution in [2.45, 2.75) is 31.6 Å². The molecule has 0 bridgehead atoms. The fourth-order valence-corrected chi connectivity index (χ4v) is 4.99. The smallest absolute Gasteiger partial charge is 0.416 e. The Balaban J connectivity index is 0.00000320. The van der Waals surface area contributed by atoms with Crippen LogP contribution in [-0.4, -0.2) is 53.4 Å². The lowest BCUT2D eigenvalue weighted by atomic mass is 10.1. The van der Waals surface area contributed by atoms with Crippen molar-refractivity contribution in [1.82, 2.24) is 4.57 Å². The van der Waals surface area contributed by atoms with E-state index >= 15 is 4.39 Å². The first-order valence-electron chi connectivity index (χ1n) is 11.8. The van der Waals surface area contributed by atoms with Crippen molar-refractivity contribution in [3.8, 4) is 0 Å². The largest absolute Gasteiger partial charge is 1.00 e. The summed E-state index contributed by atoms with van der Waals surface area (Å²) in [5, 5.41) is 9.47. The maximum atomic E-state index is 15.2. The highest BCUT2D eigenvalue weighted by Gasteiger charge is 2.33.